The number of imidazole rings is 2. The third-order valence-corrected chi connectivity index (χ3v) is 3.27. The SMILES string of the molecule is COCC(O)Cn1ccnc1/N=[N+](\[O-])c1nccn1CC(O)COC. The number of ether oxygens (including phenoxy) is 2. The van der Waals surface area contributed by atoms with Gasteiger partial charge in [0.25, 0.3) is 5.95 Å². The summed E-state index contributed by atoms with van der Waals surface area (Å²) in [5, 5.41) is 35.8. The lowest BCUT2D eigenvalue weighted by Crippen LogP contribution is -2.22. The lowest BCUT2D eigenvalue weighted by Gasteiger charge is -2.12. The normalized spacial score (nSPS) is 14.6. The van der Waals surface area contributed by atoms with Crippen LogP contribution in [0.2, 0.25) is 0 Å². The van der Waals surface area contributed by atoms with Crippen LogP contribution in [0.3, 0.4) is 0 Å². The Labute approximate surface area is 144 Å². The van der Waals surface area contributed by atoms with Crippen molar-refractivity contribution in [3.05, 3.63) is 30.0 Å². The molecule has 2 aromatic rings. The molecule has 2 unspecified atom stereocenters. The smallest absolute Gasteiger partial charge is 0.419 e. The molecule has 2 N–H and O–H groups in total. The molecule has 2 heterocycles. The molecule has 25 heavy (non-hydrogen) atoms. The summed E-state index contributed by atoms with van der Waals surface area (Å²) in [5.74, 6) is 0.124. The lowest BCUT2D eigenvalue weighted by molar-refractivity contribution is -0.447. The van der Waals surface area contributed by atoms with Gasteiger partial charge in [-0.05, 0) is 0 Å². The predicted molar refractivity (Wildman–Crippen MR) is 85.6 cm³/mol. The number of hydrogen-bond donors (Lipinski definition) is 2. The highest BCUT2D eigenvalue weighted by Crippen LogP contribution is 2.16. The fraction of sp³-hybridized carbons (Fsp3) is 0.571. The van der Waals surface area contributed by atoms with Crippen molar-refractivity contribution in [2.75, 3.05) is 27.4 Å². The minimum atomic E-state index is -0.780. The predicted octanol–water partition coefficient (Wildman–Crippen LogP) is 0.0199. The van der Waals surface area contributed by atoms with E-state index in [1.807, 2.05) is 0 Å². The summed E-state index contributed by atoms with van der Waals surface area (Å²) in [6.45, 7) is 0.607. The first-order chi connectivity index (χ1) is 12.0. The van der Waals surface area contributed by atoms with Crippen molar-refractivity contribution >= 4 is 11.9 Å². The molecular formula is C14H22N6O5. The minimum Gasteiger partial charge on any atom is -0.721 e. The van der Waals surface area contributed by atoms with Gasteiger partial charge in [0.2, 0.25) is 0 Å². The third kappa shape index (κ3) is 5.32. The van der Waals surface area contributed by atoms with Crippen molar-refractivity contribution < 1.29 is 24.5 Å². The van der Waals surface area contributed by atoms with Gasteiger partial charge in [-0.2, -0.15) is 0 Å². The van der Waals surface area contributed by atoms with Crippen LogP contribution in [0.5, 0.6) is 0 Å². The maximum atomic E-state index is 12.3. The zero-order valence-corrected chi connectivity index (χ0v) is 14.1. The Morgan fingerprint density at radius 2 is 1.64 bits per heavy atom. The van der Waals surface area contributed by atoms with E-state index in [1.54, 1.807) is 12.4 Å². The van der Waals surface area contributed by atoms with Crippen LogP contribution in [0.25, 0.3) is 0 Å². The van der Waals surface area contributed by atoms with Gasteiger partial charge in [0, 0.05) is 26.6 Å². The molecule has 2 atom stereocenters. The maximum absolute atomic E-state index is 12.3. The van der Waals surface area contributed by atoms with E-state index in [9.17, 15) is 15.4 Å². The maximum Gasteiger partial charge on any atom is 0.419 e. The number of azo groups is 1. The second-order valence-electron chi connectivity index (χ2n) is 5.35. The molecule has 0 radical (unpaired) electrons. The molecule has 0 fully saturated rings. The molecule has 138 valence electrons. The Morgan fingerprint density at radius 1 is 1.08 bits per heavy atom. The van der Waals surface area contributed by atoms with Crippen LogP contribution in [-0.4, -0.2) is 73.8 Å². The van der Waals surface area contributed by atoms with Crippen molar-refractivity contribution in [1.29, 1.82) is 0 Å². The first kappa shape index (κ1) is 19.0. The Kier molecular flexibility index (Phi) is 7.01. The Hall–Kier alpha value is -2.34. The fourth-order valence-electron chi connectivity index (χ4n) is 2.24. The monoisotopic (exact) mass is 354 g/mol. The summed E-state index contributed by atoms with van der Waals surface area (Å²) in [6.07, 6.45) is 4.53. The molecule has 0 bridgehead atoms. The largest absolute Gasteiger partial charge is 0.721 e. The van der Waals surface area contributed by atoms with Crippen molar-refractivity contribution in [3.8, 4) is 0 Å². The summed E-state index contributed by atoms with van der Waals surface area (Å²) >= 11 is 0. The van der Waals surface area contributed by atoms with Crippen LogP contribution in [-0.2, 0) is 22.6 Å². The van der Waals surface area contributed by atoms with Crippen LogP contribution >= 0.6 is 0 Å². The Bertz CT molecular complexity index is 685. The number of aromatic nitrogens is 4. The van der Waals surface area contributed by atoms with E-state index in [-0.39, 0.29) is 38.2 Å². The van der Waals surface area contributed by atoms with E-state index in [0.717, 1.165) is 0 Å². The molecule has 11 nitrogen and oxygen atoms in total. The zero-order chi connectivity index (χ0) is 18.2. The first-order valence-electron chi connectivity index (χ1n) is 7.60. The van der Waals surface area contributed by atoms with E-state index in [0.29, 0.717) is 4.86 Å². The second kappa shape index (κ2) is 9.22. The highest BCUT2D eigenvalue weighted by molar-refractivity contribution is 5.15. The fourth-order valence-corrected chi connectivity index (χ4v) is 2.24. The van der Waals surface area contributed by atoms with E-state index in [2.05, 4.69) is 15.1 Å². The topological polar surface area (TPSA) is 133 Å². The van der Waals surface area contributed by atoms with Gasteiger partial charge in [0.1, 0.15) is 18.5 Å². The van der Waals surface area contributed by atoms with Gasteiger partial charge in [-0.3, -0.25) is 0 Å². The summed E-state index contributed by atoms with van der Waals surface area (Å²) in [7, 11) is 2.96. The highest BCUT2D eigenvalue weighted by Gasteiger charge is 2.18. The van der Waals surface area contributed by atoms with Gasteiger partial charge in [-0.15, -0.1) is 4.86 Å². The molecule has 0 aliphatic carbocycles. The molecule has 0 amide bonds. The molecule has 0 aromatic carbocycles. The summed E-state index contributed by atoms with van der Waals surface area (Å²) in [4.78, 5) is 8.27. The quantitative estimate of drug-likeness (QED) is 0.349. The number of hydrogen-bond acceptors (Lipinski definition) is 8. The average molecular weight is 354 g/mol. The van der Waals surface area contributed by atoms with Crippen molar-refractivity contribution in [2.24, 2.45) is 5.11 Å². The standard InChI is InChI=1S/C14H22N6O5/c1-24-9-11(21)7-18-5-3-15-13(18)17-20(23)14-16-4-6-19(14)8-12(22)10-25-2/h3-6,11-12,21-22H,7-10H2,1-2H3/b20-17-. The number of aliphatic hydroxyl groups is 2. The summed E-state index contributed by atoms with van der Waals surface area (Å²) in [6, 6.07) is 0. The molecule has 2 aromatic heterocycles. The van der Waals surface area contributed by atoms with Gasteiger partial charge in [-0.1, -0.05) is 10.1 Å². The number of aliphatic hydroxyl groups excluding tert-OH is 2. The van der Waals surface area contributed by atoms with Gasteiger partial charge < -0.3 is 29.5 Å². The van der Waals surface area contributed by atoms with E-state index in [1.165, 1.54) is 35.7 Å². The lowest BCUT2D eigenvalue weighted by atomic mass is 10.4. The summed E-state index contributed by atoms with van der Waals surface area (Å²) < 4.78 is 12.7. The molecular weight excluding hydrogens is 332 g/mol. The molecule has 0 saturated carbocycles. The van der Waals surface area contributed by atoms with Crippen LogP contribution in [0, 0.1) is 5.21 Å². The van der Waals surface area contributed by atoms with Gasteiger partial charge in [-0.25, -0.2) is 9.55 Å². The van der Waals surface area contributed by atoms with Gasteiger partial charge in [0.15, 0.2) is 0 Å². The first-order valence-corrected chi connectivity index (χ1v) is 7.60. The van der Waals surface area contributed by atoms with Crippen LogP contribution < -0.4 is 0 Å². The highest BCUT2D eigenvalue weighted by atomic mass is 16.5. The number of nitrogens with zero attached hydrogens (tertiary/aromatic N) is 6. The van der Waals surface area contributed by atoms with Gasteiger partial charge in [0.05, 0.1) is 32.4 Å². The Balaban J connectivity index is 2.15. The molecule has 0 aliphatic rings. The Morgan fingerprint density at radius 3 is 2.28 bits per heavy atom. The van der Waals surface area contributed by atoms with E-state index in [4.69, 9.17) is 9.47 Å². The minimum absolute atomic E-state index is 0.00198. The van der Waals surface area contributed by atoms with Crippen molar-refractivity contribution in [1.82, 2.24) is 19.1 Å². The van der Waals surface area contributed by atoms with E-state index < -0.39 is 12.2 Å². The summed E-state index contributed by atoms with van der Waals surface area (Å²) in [5.41, 5.74) is 0. The molecule has 0 spiro atoms. The molecule has 0 saturated heterocycles. The van der Waals surface area contributed by atoms with Crippen LogP contribution in [0.1, 0.15) is 0 Å². The van der Waals surface area contributed by atoms with E-state index >= 15 is 0 Å². The van der Waals surface area contributed by atoms with Gasteiger partial charge >= 0.3 is 5.95 Å². The van der Waals surface area contributed by atoms with Crippen LogP contribution in [0.4, 0.5) is 11.9 Å². The zero-order valence-electron chi connectivity index (χ0n) is 14.1. The van der Waals surface area contributed by atoms with Crippen molar-refractivity contribution in [2.45, 2.75) is 25.3 Å². The van der Waals surface area contributed by atoms with Crippen LogP contribution in [0.15, 0.2) is 29.9 Å². The molecule has 11 heteroatoms. The second-order valence-corrected chi connectivity index (χ2v) is 5.35. The average Bonchev–Trinajstić information content (AvgIpc) is 3.17. The number of methoxy groups -OCH3 is 2. The van der Waals surface area contributed by atoms with Crippen molar-refractivity contribution in [3.63, 3.8) is 0 Å². The molecule has 0 aliphatic heterocycles. The third-order valence-electron chi connectivity index (χ3n) is 3.27. The molecule has 2 rings (SSSR count). The number of rotatable bonds is 10.